The minimum absolute atomic E-state index is 0.226. The molecule has 34 heavy (non-hydrogen) atoms. The zero-order valence-corrected chi connectivity index (χ0v) is 21.5. The maximum absolute atomic E-state index is 13.4. The first-order chi connectivity index (χ1) is 16.0. The van der Waals surface area contributed by atoms with E-state index in [1.165, 1.54) is 21.3 Å². The molecule has 11 heteroatoms. The maximum atomic E-state index is 13.4. The van der Waals surface area contributed by atoms with Crippen molar-refractivity contribution in [2.45, 2.75) is 24.7 Å². The summed E-state index contributed by atoms with van der Waals surface area (Å²) in [6.45, 7) is 0.785. The first-order valence-corrected chi connectivity index (χ1v) is 12.9. The van der Waals surface area contributed by atoms with Crippen LogP contribution >= 0.6 is 23.2 Å². The van der Waals surface area contributed by atoms with Gasteiger partial charge in [0.25, 0.3) is 16.0 Å². The number of benzene rings is 2. The fourth-order valence-electron chi connectivity index (χ4n) is 4.44. The molecule has 1 saturated heterocycles. The molecule has 1 amide bonds. The van der Waals surface area contributed by atoms with Gasteiger partial charge in [0.15, 0.2) is 11.5 Å². The number of likely N-dealkylation sites (tertiary alicyclic amines) is 1. The third-order valence-corrected chi connectivity index (χ3v) is 7.69. The van der Waals surface area contributed by atoms with E-state index in [0.717, 1.165) is 5.56 Å². The monoisotopic (exact) mass is 531 g/mol. The summed E-state index contributed by atoms with van der Waals surface area (Å²) in [6.07, 6.45) is 1.25. The number of amides is 1. The molecule has 1 N–H and O–H groups in total. The average molecular weight is 532 g/mol. The van der Waals surface area contributed by atoms with Gasteiger partial charge in [-0.1, -0.05) is 29.3 Å². The Morgan fingerprint density at radius 3 is 2.24 bits per heavy atom. The molecule has 0 saturated carbocycles. The Hall–Kier alpha value is -2.20. The van der Waals surface area contributed by atoms with Crippen LogP contribution in [0.4, 0.5) is 0 Å². The van der Waals surface area contributed by atoms with Gasteiger partial charge in [-0.15, -0.1) is 0 Å². The minimum Gasteiger partial charge on any atom is -0.493 e. The molecule has 0 aromatic heterocycles. The molecule has 0 aliphatic carbocycles. The Morgan fingerprint density at radius 2 is 1.71 bits per heavy atom. The van der Waals surface area contributed by atoms with Crippen LogP contribution in [0.2, 0.25) is 10.0 Å². The molecule has 0 spiro atoms. The van der Waals surface area contributed by atoms with E-state index in [1.54, 1.807) is 29.2 Å². The van der Waals surface area contributed by atoms with Gasteiger partial charge in [-0.2, -0.15) is 8.42 Å². The zero-order valence-electron chi connectivity index (χ0n) is 19.1. The standard InChI is InChI=1S/C23H27Cl2NO7S/c1-31-19-11-15(12-20(32-2)21(19)33-3)22(27)26-9-8-23(14-26,7-4-10-34(28,29)30)16-5-6-17(24)18(25)13-16/h5-6,11-13H,4,7-10,14H2,1-3H3,(H,28,29,30)/t23-/m1/s1. The van der Waals surface area contributed by atoms with E-state index in [-0.39, 0.29) is 18.1 Å². The fourth-order valence-corrected chi connectivity index (χ4v) is 5.24. The number of carbonyl (C=O) groups is 1. The zero-order chi connectivity index (χ0) is 25.1. The summed E-state index contributed by atoms with van der Waals surface area (Å²) in [4.78, 5) is 15.2. The Bertz CT molecular complexity index is 1150. The van der Waals surface area contributed by atoms with Crippen LogP contribution in [0.15, 0.2) is 30.3 Å². The first kappa shape index (κ1) is 26.4. The van der Waals surface area contributed by atoms with Crippen molar-refractivity contribution < 1.29 is 32.0 Å². The van der Waals surface area contributed by atoms with Crippen LogP contribution in [0.3, 0.4) is 0 Å². The quantitative estimate of drug-likeness (QED) is 0.476. The summed E-state index contributed by atoms with van der Waals surface area (Å²) in [5, 5.41) is 0.782. The predicted molar refractivity (Wildman–Crippen MR) is 130 cm³/mol. The highest BCUT2D eigenvalue weighted by atomic mass is 35.5. The highest BCUT2D eigenvalue weighted by Gasteiger charge is 2.42. The van der Waals surface area contributed by atoms with Gasteiger partial charge in [-0.05, 0) is 49.1 Å². The third kappa shape index (κ3) is 5.71. The van der Waals surface area contributed by atoms with Crippen LogP contribution < -0.4 is 14.2 Å². The van der Waals surface area contributed by atoms with Gasteiger partial charge in [0.05, 0.1) is 37.1 Å². The molecule has 186 valence electrons. The lowest BCUT2D eigenvalue weighted by atomic mass is 9.76. The largest absolute Gasteiger partial charge is 0.493 e. The summed E-state index contributed by atoms with van der Waals surface area (Å²) in [6, 6.07) is 8.48. The highest BCUT2D eigenvalue weighted by Crippen LogP contribution is 2.43. The van der Waals surface area contributed by atoms with E-state index in [9.17, 15) is 17.8 Å². The van der Waals surface area contributed by atoms with Gasteiger partial charge in [0.2, 0.25) is 5.75 Å². The number of ether oxygens (including phenoxy) is 3. The topological polar surface area (TPSA) is 102 Å². The smallest absolute Gasteiger partial charge is 0.264 e. The van der Waals surface area contributed by atoms with Gasteiger partial charge < -0.3 is 19.1 Å². The Morgan fingerprint density at radius 1 is 1.06 bits per heavy atom. The predicted octanol–water partition coefficient (Wildman–Crippen LogP) is 4.47. The van der Waals surface area contributed by atoms with E-state index >= 15 is 0 Å². The van der Waals surface area contributed by atoms with Crippen molar-refractivity contribution in [3.8, 4) is 17.2 Å². The highest BCUT2D eigenvalue weighted by molar-refractivity contribution is 7.85. The van der Waals surface area contributed by atoms with Gasteiger partial charge in [0.1, 0.15) is 0 Å². The number of hydrogen-bond acceptors (Lipinski definition) is 6. The summed E-state index contributed by atoms with van der Waals surface area (Å²) in [7, 11) is 0.341. The van der Waals surface area contributed by atoms with Crippen LogP contribution in [0.25, 0.3) is 0 Å². The van der Waals surface area contributed by atoms with Crippen molar-refractivity contribution in [1.82, 2.24) is 4.90 Å². The summed E-state index contributed by atoms with van der Waals surface area (Å²) < 4.78 is 47.9. The van der Waals surface area contributed by atoms with E-state index in [2.05, 4.69) is 0 Å². The van der Waals surface area contributed by atoms with Gasteiger partial charge in [-0.3, -0.25) is 9.35 Å². The van der Waals surface area contributed by atoms with Crippen molar-refractivity contribution >= 4 is 39.2 Å². The van der Waals surface area contributed by atoms with Crippen molar-refractivity contribution in [2.24, 2.45) is 0 Å². The molecule has 8 nitrogen and oxygen atoms in total. The number of halogens is 2. The van der Waals surface area contributed by atoms with Gasteiger partial charge in [0, 0.05) is 24.1 Å². The average Bonchev–Trinajstić information content (AvgIpc) is 3.23. The van der Waals surface area contributed by atoms with E-state index < -0.39 is 15.5 Å². The van der Waals surface area contributed by atoms with Crippen LogP contribution in [-0.4, -0.2) is 63.9 Å². The molecule has 1 aliphatic heterocycles. The lowest BCUT2D eigenvalue weighted by Gasteiger charge is -2.30. The van der Waals surface area contributed by atoms with E-state index in [0.29, 0.717) is 58.8 Å². The molecular weight excluding hydrogens is 505 g/mol. The Balaban J connectivity index is 1.93. The van der Waals surface area contributed by atoms with Crippen LogP contribution in [0, 0.1) is 0 Å². The van der Waals surface area contributed by atoms with Crippen LogP contribution in [0.5, 0.6) is 17.2 Å². The lowest BCUT2D eigenvalue weighted by Crippen LogP contribution is -2.35. The third-order valence-electron chi connectivity index (χ3n) is 6.14. The number of carbonyl (C=O) groups excluding carboxylic acids is 1. The van der Waals surface area contributed by atoms with Crippen LogP contribution in [0.1, 0.15) is 35.2 Å². The molecule has 1 heterocycles. The first-order valence-electron chi connectivity index (χ1n) is 10.5. The van der Waals surface area contributed by atoms with Crippen molar-refractivity contribution in [3.63, 3.8) is 0 Å². The Labute approximate surface area is 209 Å². The second-order valence-electron chi connectivity index (χ2n) is 8.19. The molecule has 1 aliphatic rings. The van der Waals surface area contributed by atoms with Gasteiger partial charge >= 0.3 is 0 Å². The summed E-state index contributed by atoms with van der Waals surface area (Å²) in [5.74, 6) is 0.535. The fraction of sp³-hybridized carbons (Fsp3) is 0.435. The normalized spacial score (nSPS) is 18.1. The van der Waals surface area contributed by atoms with Gasteiger partial charge in [-0.25, -0.2) is 0 Å². The van der Waals surface area contributed by atoms with E-state index in [4.69, 9.17) is 37.4 Å². The SMILES string of the molecule is COc1cc(C(=O)N2CC[C@@](CCCS(=O)(=O)O)(c3ccc(Cl)c(Cl)c3)C2)cc(OC)c1OC. The number of methoxy groups -OCH3 is 3. The van der Waals surface area contributed by atoms with Crippen molar-refractivity contribution in [3.05, 3.63) is 51.5 Å². The van der Waals surface area contributed by atoms with Crippen molar-refractivity contribution in [2.75, 3.05) is 40.2 Å². The molecule has 1 fully saturated rings. The molecule has 0 radical (unpaired) electrons. The second kappa shape index (κ2) is 10.6. The van der Waals surface area contributed by atoms with Crippen molar-refractivity contribution in [1.29, 1.82) is 0 Å². The molecular formula is C23H27Cl2NO7S. The summed E-state index contributed by atoms with van der Waals surface area (Å²) >= 11 is 12.4. The molecule has 0 bridgehead atoms. The number of rotatable bonds is 9. The van der Waals surface area contributed by atoms with Crippen LogP contribution in [-0.2, 0) is 15.5 Å². The maximum Gasteiger partial charge on any atom is 0.264 e. The molecule has 3 rings (SSSR count). The summed E-state index contributed by atoms with van der Waals surface area (Å²) in [5.41, 5.74) is 0.685. The second-order valence-corrected chi connectivity index (χ2v) is 10.6. The van der Waals surface area contributed by atoms with E-state index in [1.807, 2.05) is 6.07 Å². The molecule has 0 unspecified atom stereocenters. The molecule has 1 atom stereocenters. The minimum atomic E-state index is -4.10. The molecule has 2 aromatic carbocycles. The lowest BCUT2D eigenvalue weighted by molar-refractivity contribution is 0.0781. The number of hydrogen-bond donors (Lipinski definition) is 1. The Kier molecular flexibility index (Phi) is 8.23. The molecule has 2 aromatic rings. The number of nitrogens with zero attached hydrogens (tertiary/aromatic N) is 1.